The molecule has 2 N–H and O–H groups in total. The average molecular weight is 430 g/mol. The van der Waals surface area contributed by atoms with Crippen molar-refractivity contribution in [2.24, 2.45) is 11.1 Å². The van der Waals surface area contributed by atoms with Crippen LogP contribution in [0.25, 0.3) is 0 Å². The Morgan fingerprint density at radius 1 is 1.22 bits per heavy atom. The zero-order valence-electron chi connectivity index (χ0n) is 15.1. The Labute approximate surface area is 170 Å². The Morgan fingerprint density at radius 2 is 1.85 bits per heavy atom. The highest BCUT2D eigenvalue weighted by atomic mass is 35.5. The van der Waals surface area contributed by atoms with Gasteiger partial charge in [0, 0.05) is 58.3 Å². The Kier molecular flexibility index (Phi) is 9.36. The van der Waals surface area contributed by atoms with E-state index in [-0.39, 0.29) is 30.7 Å². The minimum absolute atomic E-state index is 0. The van der Waals surface area contributed by atoms with Gasteiger partial charge >= 0.3 is 6.55 Å². The lowest BCUT2D eigenvalue weighted by atomic mass is 9.78. The van der Waals surface area contributed by atoms with Crippen molar-refractivity contribution in [3.05, 3.63) is 18.2 Å². The molecule has 11 heteroatoms. The van der Waals surface area contributed by atoms with Crippen LogP contribution in [0, 0.1) is 5.41 Å². The van der Waals surface area contributed by atoms with Crippen LogP contribution in [-0.4, -0.2) is 71.2 Å². The van der Waals surface area contributed by atoms with E-state index in [0.717, 1.165) is 4.57 Å². The molecule has 1 amide bonds. The summed E-state index contributed by atoms with van der Waals surface area (Å²) in [7, 11) is 0. The number of nitrogens with zero attached hydrogens (tertiary/aromatic N) is 4. The molecule has 0 atom stereocenters. The average Bonchev–Trinajstić information content (AvgIpc) is 3.11. The standard InChI is InChI=1S/C16H25F2N5O2.2ClH/c17-15(18)23-4-3-20-13(23)11-21-5-7-22(8-6-21)14(24)16(12-19)1-9-25-10-2-16;;/h3-4,15H,1-2,5-12,19H2;2*1H. The molecule has 3 rings (SSSR count). The van der Waals surface area contributed by atoms with Gasteiger partial charge in [-0.05, 0) is 12.8 Å². The Morgan fingerprint density at radius 3 is 2.41 bits per heavy atom. The lowest BCUT2D eigenvalue weighted by Gasteiger charge is -2.42. The Balaban J connectivity index is 0.00000182. The van der Waals surface area contributed by atoms with E-state index < -0.39 is 12.0 Å². The zero-order valence-corrected chi connectivity index (χ0v) is 16.7. The number of rotatable bonds is 5. The number of imidazole rings is 1. The summed E-state index contributed by atoms with van der Waals surface area (Å²) in [6, 6.07) is 0. The molecule has 2 aliphatic heterocycles. The van der Waals surface area contributed by atoms with Gasteiger partial charge in [-0.3, -0.25) is 14.3 Å². The molecule has 7 nitrogen and oxygen atoms in total. The van der Waals surface area contributed by atoms with Crippen molar-refractivity contribution in [2.45, 2.75) is 25.9 Å². The lowest BCUT2D eigenvalue weighted by molar-refractivity contribution is -0.149. The maximum Gasteiger partial charge on any atom is 0.319 e. The Hall–Kier alpha value is -1.00. The quantitative estimate of drug-likeness (QED) is 0.767. The molecule has 2 saturated heterocycles. The number of hydrogen-bond acceptors (Lipinski definition) is 5. The number of carbonyl (C=O) groups excluding carboxylic acids is 1. The molecule has 2 aliphatic rings. The fraction of sp³-hybridized carbons (Fsp3) is 0.750. The lowest BCUT2D eigenvalue weighted by Crippen LogP contribution is -2.56. The first kappa shape index (κ1) is 24.0. The normalized spacial score (nSPS) is 20.1. The van der Waals surface area contributed by atoms with E-state index in [9.17, 15) is 13.6 Å². The summed E-state index contributed by atoms with van der Waals surface area (Å²) in [5.41, 5.74) is 5.41. The number of hydrogen-bond donors (Lipinski definition) is 1. The van der Waals surface area contributed by atoms with Crippen molar-refractivity contribution in [1.29, 1.82) is 0 Å². The summed E-state index contributed by atoms with van der Waals surface area (Å²) in [4.78, 5) is 20.8. The van der Waals surface area contributed by atoms with E-state index in [2.05, 4.69) is 4.98 Å². The number of amides is 1. The third kappa shape index (κ3) is 5.29. The molecular formula is C16H27Cl2F2N5O2. The predicted octanol–water partition coefficient (Wildman–Crippen LogP) is 1.52. The highest BCUT2D eigenvalue weighted by Crippen LogP contribution is 2.32. The third-order valence-electron chi connectivity index (χ3n) is 5.28. The van der Waals surface area contributed by atoms with Crippen LogP contribution >= 0.6 is 24.8 Å². The van der Waals surface area contributed by atoms with E-state index in [1.807, 2.05) is 9.80 Å². The van der Waals surface area contributed by atoms with E-state index >= 15 is 0 Å². The molecule has 27 heavy (non-hydrogen) atoms. The van der Waals surface area contributed by atoms with Gasteiger partial charge in [-0.15, -0.1) is 24.8 Å². The largest absolute Gasteiger partial charge is 0.381 e. The predicted molar refractivity (Wildman–Crippen MR) is 101 cm³/mol. The summed E-state index contributed by atoms with van der Waals surface area (Å²) in [5, 5.41) is 0. The molecule has 2 fully saturated rings. The fourth-order valence-electron chi connectivity index (χ4n) is 3.56. The summed E-state index contributed by atoms with van der Waals surface area (Å²) in [5.74, 6) is 0.449. The van der Waals surface area contributed by atoms with Gasteiger partial charge in [0.15, 0.2) is 0 Å². The molecule has 0 unspecified atom stereocenters. The second-order valence-corrected chi connectivity index (χ2v) is 6.69. The van der Waals surface area contributed by atoms with Crippen LogP contribution in [0.4, 0.5) is 8.78 Å². The van der Waals surface area contributed by atoms with Crippen molar-refractivity contribution in [3.63, 3.8) is 0 Å². The molecule has 0 aromatic carbocycles. The van der Waals surface area contributed by atoms with Crippen LogP contribution in [0.5, 0.6) is 0 Å². The molecule has 0 bridgehead atoms. The van der Waals surface area contributed by atoms with Gasteiger partial charge in [-0.25, -0.2) is 4.98 Å². The van der Waals surface area contributed by atoms with Gasteiger partial charge in [0.2, 0.25) is 5.91 Å². The van der Waals surface area contributed by atoms with Gasteiger partial charge in [-0.1, -0.05) is 0 Å². The third-order valence-corrected chi connectivity index (χ3v) is 5.28. The van der Waals surface area contributed by atoms with Gasteiger partial charge in [0.05, 0.1) is 12.0 Å². The topological polar surface area (TPSA) is 76.6 Å². The summed E-state index contributed by atoms with van der Waals surface area (Å²) in [6.45, 7) is 1.68. The van der Waals surface area contributed by atoms with Crippen molar-refractivity contribution < 1.29 is 18.3 Å². The van der Waals surface area contributed by atoms with E-state index in [1.54, 1.807) is 0 Å². The molecule has 0 aliphatic carbocycles. The van der Waals surface area contributed by atoms with E-state index in [0.29, 0.717) is 71.1 Å². The smallest absolute Gasteiger partial charge is 0.319 e. The van der Waals surface area contributed by atoms with Crippen LogP contribution in [0.15, 0.2) is 12.4 Å². The molecule has 0 radical (unpaired) electrons. The van der Waals surface area contributed by atoms with Gasteiger partial charge in [-0.2, -0.15) is 8.78 Å². The van der Waals surface area contributed by atoms with Gasteiger partial charge in [0.1, 0.15) is 5.82 Å². The van der Waals surface area contributed by atoms with Crippen molar-refractivity contribution in [3.8, 4) is 0 Å². The first-order chi connectivity index (χ1) is 12.1. The maximum atomic E-state index is 12.9. The summed E-state index contributed by atoms with van der Waals surface area (Å²) >= 11 is 0. The number of ether oxygens (including phenoxy) is 1. The maximum absolute atomic E-state index is 12.9. The van der Waals surface area contributed by atoms with Crippen LogP contribution in [-0.2, 0) is 16.1 Å². The molecule has 0 saturated carbocycles. The number of carbonyl (C=O) groups is 1. The minimum Gasteiger partial charge on any atom is -0.381 e. The van der Waals surface area contributed by atoms with Gasteiger partial charge < -0.3 is 15.4 Å². The molecular weight excluding hydrogens is 403 g/mol. The number of nitrogens with two attached hydrogens (primary N) is 1. The highest BCUT2D eigenvalue weighted by Gasteiger charge is 2.42. The second-order valence-electron chi connectivity index (χ2n) is 6.69. The first-order valence-electron chi connectivity index (χ1n) is 8.65. The summed E-state index contributed by atoms with van der Waals surface area (Å²) in [6.07, 6.45) is 4.00. The fourth-order valence-corrected chi connectivity index (χ4v) is 3.56. The molecule has 156 valence electrons. The first-order valence-corrected chi connectivity index (χ1v) is 8.65. The molecule has 3 heterocycles. The molecule has 1 aromatic heterocycles. The summed E-state index contributed by atoms with van der Waals surface area (Å²) < 4.78 is 32.0. The van der Waals surface area contributed by atoms with Crippen molar-refractivity contribution in [1.82, 2.24) is 19.4 Å². The number of halogens is 4. The highest BCUT2D eigenvalue weighted by molar-refractivity contribution is 5.85. The number of aromatic nitrogens is 2. The SMILES string of the molecule is Cl.Cl.NCC1(C(=O)N2CCN(Cc3nccn3C(F)F)CC2)CCOCC1. The molecule has 1 aromatic rings. The van der Waals surface area contributed by atoms with Crippen LogP contribution in [0.2, 0.25) is 0 Å². The van der Waals surface area contributed by atoms with Crippen molar-refractivity contribution >= 4 is 30.7 Å². The zero-order chi connectivity index (χ0) is 17.9. The van der Waals surface area contributed by atoms with Crippen LogP contribution < -0.4 is 5.73 Å². The van der Waals surface area contributed by atoms with Crippen LogP contribution in [0.1, 0.15) is 25.2 Å². The van der Waals surface area contributed by atoms with Gasteiger partial charge in [0.25, 0.3) is 0 Å². The molecule has 0 spiro atoms. The number of piperazine rings is 1. The minimum atomic E-state index is -2.58. The van der Waals surface area contributed by atoms with Crippen molar-refractivity contribution in [2.75, 3.05) is 45.9 Å². The van der Waals surface area contributed by atoms with E-state index in [4.69, 9.17) is 10.5 Å². The number of alkyl halides is 2. The van der Waals surface area contributed by atoms with Crippen LogP contribution in [0.3, 0.4) is 0 Å². The monoisotopic (exact) mass is 429 g/mol. The second kappa shape index (κ2) is 10.5. The van der Waals surface area contributed by atoms with E-state index in [1.165, 1.54) is 12.4 Å². The Bertz CT molecular complexity index is 591.